The average Bonchev–Trinajstić information content (AvgIpc) is 2.15. The third-order valence-corrected chi connectivity index (χ3v) is 2.83. The van der Waals surface area contributed by atoms with E-state index in [0.29, 0.717) is 5.88 Å². The number of hydrogen-bond acceptors (Lipinski definition) is 2. The summed E-state index contributed by atoms with van der Waals surface area (Å²) in [5.41, 5.74) is 0. The zero-order chi connectivity index (χ0) is 8.81. The van der Waals surface area contributed by atoms with E-state index in [2.05, 4.69) is 0 Å². The van der Waals surface area contributed by atoms with Gasteiger partial charge in [-0.05, 0) is 24.3 Å². The largest absolute Gasteiger partial charge is 0.497 e. The van der Waals surface area contributed by atoms with Gasteiger partial charge in [0.15, 0.2) is 0 Å². The van der Waals surface area contributed by atoms with E-state index < -0.39 is 0 Å². The Hall–Kier alpha value is -0.340. The summed E-state index contributed by atoms with van der Waals surface area (Å²) in [6.45, 7) is 0. The number of rotatable bonds is 4. The normalized spacial score (nSPS) is 9.83. The van der Waals surface area contributed by atoms with Gasteiger partial charge in [0.25, 0.3) is 0 Å². The van der Waals surface area contributed by atoms with Crippen molar-refractivity contribution in [1.29, 1.82) is 0 Å². The Morgan fingerprint density at radius 2 is 2.00 bits per heavy atom. The number of hydrogen-bond donors (Lipinski definition) is 0. The molecule has 0 fully saturated rings. The minimum Gasteiger partial charge on any atom is -0.497 e. The van der Waals surface area contributed by atoms with Crippen molar-refractivity contribution in [3.8, 4) is 5.75 Å². The molecule has 66 valence electrons. The summed E-state index contributed by atoms with van der Waals surface area (Å²) in [5.74, 6) is 2.54. The fraction of sp³-hybridized carbons (Fsp3) is 0.333. The van der Waals surface area contributed by atoms with Gasteiger partial charge in [0.1, 0.15) is 5.75 Å². The molecule has 0 atom stereocenters. The summed E-state index contributed by atoms with van der Waals surface area (Å²) >= 11 is 7.32. The molecule has 0 aromatic heterocycles. The SMILES string of the molecule is COc1ccc(SCCCl)cc1. The highest BCUT2D eigenvalue weighted by Crippen LogP contribution is 2.20. The number of methoxy groups -OCH3 is 1. The van der Waals surface area contributed by atoms with E-state index in [1.165, 1.54) is 4.90 Å². The van der Waals surface area contributed by atoms with E-state index in [1.807, 2.05) is 24.3 Å². The molecule has 0 aliphatic rings. The molecule has 0 saturated heterocycles. The van der Waals surface area contributed by atoms with Gasteiger partial charge in [-0.15, -0.1) is 23.4 Å². The average molecular weight is 203 g/mol. The zero-order valence-electron chi connectivity index (χ0n) is 6.92. The number of halogens is 1. The van der Waals surface area contributed by atoms with Gasteiger partial charge in [-0.25, -0.2) is 0 Å². The summed E-state index contributed by atoms with van der Waals surface area (Å²) in [4.78, 5) is 1.23. The minimum atomic E-state index is 0.691. The first-order chi connectivity index (χ1) is 5.86. The van der Waals surface area contributed by atoms with Crippen molar-refractivity contribution in [2.45, 2.75) is 4.90 Å². The van der Waals surface area contributed by atoms with Crippen molar-refractivity contribution in [1.82, 2.24) is 0 Å². The number of thioether (sulfide) groups is 1. The van der Waals surface area contributed by atoms with Gasteiger partial charge in [-0.2, -0.15) is 0 Å². The second-order valence-electron chi connectivity index (χ2n) is 2.21. The molecule has 0 aliphatic carbocycles. The molecule has 0 saturated carbocycles. The third-order valence-electron chi connectivity index (χ3n) is 1.41. The van der Waals surface area contributed by atoms with Crippen LogP contribution in [0.3, 0.4) is 0 Å². The summed E-state index contributed by atoms with van der Waals surface area (Å²) in [6.07, 6.45) is 0. The number of alkyl halides is 1. The second kappa shape index (κ2) is 5.33. The Morgan fingerprint density at radius 3 is 2.50 bits per heavy atom. The predicted octanol–water partition coefficient (Wildman–Crippen LogP) is 3.03. The minimum absolute atomic E-state index is 0.691. The lowest BCUT2D eigenvalue weighted by Gasteiger charge is -2.01. The maximum absolute atomic E-state index is 5.56. The van der Waals surface area contributed by atoms with Crippen LogP contribution in [0.15, 0.2) is 29.2 Å². The van der Waals surface area contributed by atoms with Gasteiger partial charge in [-0.3, -0.25) is 0 Å². The van der Waals surface area contributed by atoms with Crippen molar-refractivity contribution in [2.24, 2.45) is 0 Å². The van der Waals surface area contributed by atoms with Crippen LogP contribution in [0.1, 0.15) is 0 Å². The van der Waals surface area contributed by atoms with Crippen molar-refractivity contribution in [3.63, 3.8) is 0 Å². The number of ether oxygens (including phenoxy) is 1. The standard InChI is InChI=1S/C9H11ClOS/c1-11-8-2-4-9(5-3-8)12-7-6-10/h2-5H,6-7H2,1H3. The van der Waals surface area contributed by atoms with Gasteiger partial charge >= 0.3 is 0 Å². The van der Waals surface area contributed by atoms with E-state index in [0.717, 1.165) is 11.5 Å². The Kier molecular flexibility index (Phi) is 4.33. The second-order valence-corrected chi connectivity index (χ2v) is 3.76. The Morgan fingerprint density at radius 1 is 1.33 bits per heavy atom. The van der Waals surface area contributed by atoms with E-state index in [-0.39, 0.29) is 0 Å². The van der Waals surface area contributed by atoms with Crippen LogP contribution in [0, 0.1) is 0 Å². The molecule has 3 heteroatoms. The van der Waals surface area contributed by atoms with Gasteiger partial charge in [0.2, 0.25) is 0 Å². The first kappa shape index (κ1) is 9.75. The molecule has 0 spiro atoms. The summed E-state index contributed by atoms with van der Waals surface area (Å²) < 4.78 is 5.04. The molecule has 1 rings (SSSR count). The van der Waals surface area contributed by atoms with Gasteiger partial charge in [-0.1, -0.05) is 0 Å². The lowest BCUT2D eigenvalue weighted by molar-refractivity contribution is 0.414. The van der Waals surface area contributed by atoms with Crippen LogP contribution in [0.25, 0.3) is 0 Å². The third kappa shape index (κ3) is 2.95. The fourth-order valence-corrected chi connectivity index (χ4v) is 1.70. The molecule has 0 unspecified atom stereocenters. The molecular weight excluding hydrogens is 192 g/mol. The Bertz CT molecular complexity index is 222. The van der Waals surface area contributed by atoms with Crippen molar-refractivity contribution < 1.29 is 4.74 Å². The highest BCUT2D eigenvalue weighted by atomic mass is 35.5. The first-order valence-corrected chi connectivity index (χ1v) is 5.21. The van der Waals surface area contributed by atoms with Crippen LogP contribution in [-0.4, -0.2) is 18.7 Å². The van der Waals surface area contributed by atoms with Crippen molar-refractivity contribution in [3.05, 3.63) is 24.3 Å². The Balaban J connectivity index is 2.53. The molecule has 1 nitrogen and oxygen atoms in total. The molecular formula is C9H11ClOS. The Labute approximate surface area is 82.1 Å². The number of benzene rings is 1. The molecule has 0 amide bonds. The van der Waals surface area contributed by atoms with Crippen LogP contribution in [-0.2, 0) is 0 Å². The highest BCUT2D eigenvalue weighted by molar-refractivity contribution is 7.99. The van der Waals surface area contributed by atoms with Crippen molar-refractivity contribution in [2.75, 3.05) is 18.7 Å². The summed E-state index contributed by atoms with van der Waals surface area (Å²) in [5, 5.41) is 0. The van der Waals surface area contributed by atoms with Crippen LogP contribution in [0.4, 0.5) is 0 Å². The molecule has 0 radical (unpaired) electrons. The molecule has 12 heavy (non-hydrogen) atoms. The molecule has 0 bridgehead atoms. The van der Waals surface area contributed by atoms with Crippen LogP contribution < -0.4 is 4.74 Å². The topological polar surface area (TPSA) is 9.23 Å². The van der Waals surface area contributed by atoms with E-state index in [1.54, 1.807) is 18.9 Å². The molecule has 0 N–H and O–H groups in total. The van der Waals surface area contributed by atoms with E-state index >= 15 is 0 Å². The van der Waals surface area contributed by atoms with E-state index in [9.17, 15) is 0 Å². The molecule has 1 aromatic rings. The zero-order valence-corrected chi connectivity index (χ0v) is 8.49. The molecule has 0 aliphatic heterocycles. The first-order valence-electron chi connectivity index (χ1n) is 3.69. The smallest absolute Gasteiger partial charge is 0.118 e. The molecule has 1 aromatic carbocycles. The maximum atomic E-state index is 5.56. The lowest BCUT2D eigenvalue weighted by Crippen LogP contribution is -1.82. The van der Waals surface area contributed by atoms with Gasteiger partial charge < -0.3 is 4.74 Å². The van der Waals surface area contributed by atoms with E-state index in [4.69, 9.17) is 16.3 Å². The monoisotopic (exact) mass is 202 g/mol. The van der Waals surface area contributed by atoms with Gasteiger partial charge in [0, 0.05) is 16.5 Å². The van der Waals surface area contributed by atoms with Crippen LogP contribution >= 0.6 is 23.4 Å². The predicted molar refractivity (Wildman–Crippen MR) is 54.4 cm³/mol. The van der Waals surface area contributed by atoms with Crippen LogP contribution in [0.2, 0.25) is 0 Å². The highest BCUT2D eigenvalue weighted by Gasteiger charge is 1.93. The lowest BCUT2D eigenvalue weighted by atomic mass is 10.3. The van der Waals surface area contributed by atoms with Crippen molar-refractivity contribution >= 4 is 23.4 Å². The summed E-state index contributed by atoms with van der Waals surface area (Å²) in [6, 6.07) is 7.99. The summed E-state index contributed by atoms with van der Waals surface area (Å²) in [7, 11) is 1.67. The maximum Gasteiger partial charge on any atom is 0.118 e. The molecule has 0 heterocycles. The van der Waals surface area contributed by atoms with Crippen LogP contribution in [0.5, 0.6) is 5.75 Å². The quantitative estimate of drug-likeness (QED) is 0.549. The fourth-order valence-electron chi connectivity index (χ4n) is 0.828. The van der Waals surface area contributed by atoms with Gasteiger partial charge in [0.05, 0.1) is 7.11 Å².